The standard InChI is InChI=1S/C10H5Cl3FN/c1-4-3-15-10-5(7(4)11)2-6(14)8(12)9(10)13/h2-3H,1H3. The lowest BCUT2D eigenvalue weighted by atomic mass is 10.1. The fourth-order valence-corrected chi connectivity index (χ4v) is 1.89. The number of hydrogen-bond acceptors (Lipinski definition) is 1. The van der Waals surface area contributed by atoms with Crippen LogP contribution in [0, 0.1) is 12.7 Å². The Morgan fingerprint density at radius 3 is 2.47 bits per heavy atom. The van der Waals surface area contributed by atoms with E-state index in [1.54, 1.807) is 13.1 Å². The maximum atomic E-state index is 13.3. The van der Waals surface area contributed by atoms with Crippen molar-refractivity contribution >= 4 is 45.7 Å². The van der Waals surface area contributed by atoms with Gasteiger partial charge in [-0.3, -0.25) is 4.98 Å². The molecule has 2 rings (SSSR count). The van der Waals surface area contributed by atoms with Crippen LogP contribution in [-0.2, 0) is 0 Å². The minimum Gasteiger partial charge on any atom is -0.254 e. The van der Waals surface area contributed by atoms with Crippen LogP contribution in [0.15, 0.2) is 12.3 Å². The minimum absolute atomic E-state index is 0.0913. The Balaban J connectivity index is 2.98. The van der Waals surface area contributed by atoms with E-state index in [0.29, 0.717) is 15.9 Å². The highest BCUT2D eigenvalue weighted by Gasteiger charge is 2.14. The molecule has 0 aliphatic rings. The number of hydrogen-bond donors (Lipinski definition) is 0. The highest BCUT2D eigenvalue weighted by molar-refractivity contribution is 6.46. The number of halogens is 4. The molecule has 1 heterocycles. The lowest BCUT2D eigenvalue weighted by molar-refractivity contribution is 0.630. The van der Waals surface area contributed by atoms with Crippen molar-refractivity contribution in [2.24, 2.45) is 0 Å². The fraction of sp³-hybridized carbons (Fsp3) is 0.100. The zero-order valence-corrected chi connectivity index (χ0v) is 9.88. The lowest BCUT2D eigenvalue weighted by Gasteiger charge is -2.06. The van der Waals surface area contributed by atoms with Gasteiger partial charge in [0.1, 0.15) is 5.82 Å². The monoisotopic (exact) mass is 263 g/mol. The van der Waals surface area contributed by atoms with E-state index in [2.05, 4.69) is 4.98 Å². The number of aromatic nitrogens is 1. The average molecular weight is 265 g/mol. The number of pyridine rings is 1. The molecule has 0 spiro atoms. The van der Waals surface area contributed by atoms with Crippen molar-refractivity contribution in [3.8, 4) is 0 Å². The maximum absolute atomic E-state index is 13.3. The van der Waals surface area contributed by atoms with Crippen molar-refractivity contribution in [2.75, 3.05) is 0 Å². The van der Waals surface area contributed by atoms with E-state index in [-0.39, 0.29) is 10.0 Å². The quantitative estimate of drug-likeness (QED) is 0.632. The van der Waals surface area contributed by atoms with Crippen molar-refractivity contribution in [1.29, 1.82) is 0 Å². The van der Waals surface area contributed by atoms with E-state index in [1.807, 2.05) is 0 Å². The normalized spacial score (nSPS) is 11.0. The van der Waals surface area contributed by atoms with Gasteiger partial charge < -0.3 is 0 Å². The molecule has 0 amide bonds. The second-order valence-corrected chi connectivity index (χ2v) is 4.27. The molecular weight excluding hydrogens is 259 g/mol. The molecule has 78 valence electrons. The molecule has 0 aliphatic carbocycles. The summed E-state index contributed by atoms with van der Waals surface area (Å²) in [5.74, 6) is -0.594. The number of aryl methyl sites for hydroxylation is 1. The summed E-state index contributed by atoms with van der Waals surface area (Å²) < 4.78 is 13.3. The van der Waals surface area contributed by atoms with Crippen molar-refractivity contribution in [3.05, 3.63) is 38.7 Å². The Labute approximate surface area is 101 Å². The molecule has 0 fully saturated rings. The molecule has 0 atom stereocenters. The Morgan fingerprint density at radius 2 is 1.80 bits per heavy atom. The topological polar surface area (TPSA) is 12.9 Å². The summed E-state index contributed by atoms with van der Waals surface area (Å²) in [6.45, 7) is 1.79. The third kappa shape index (κ3) is 1.67. The van der Waals surface area contributed by atoms with Gasteiger partial charge >= 0.3 is 0 Å². The van der Waals surface area contributed by atoms with Gasteiger partial charge in [0.05, 0.1) is 20.6 Å². The first-order valence-corrected chi connectivity index (χ1v) is 5.24. The summed E-state index contributed by atoms with van der Waals surface area (Å²) in [5, 5.41) is 0.881. The van der Waals surface area contributed by atoms with Crippen LogP contribution >= 0.6 is 34.8 Å². The zero-order valence-electron chi connectivity index (χ0n) is 7.61. The third-order valence-electron chi connectivity index (χ3n) is 2.11. The Bertz CT molecular complexity index is 554. The van der Waals surface area contributed by atoms with Crippen LogP contribution in [0.5, 0.6) is 0 Å². The summed E-state index contributed by atoms with van der Waals surface area (Å²) in [5.41, 5.74) is 1.18. The predicted octanol–water partition coefficient (Wildman–Crippen LogP) is 4.64. The van der Waals surface area contributed by atoms with Crippen molar-refractivity contribution in [2.45, 2.75) is 6.92 Å². The summed E-state index contributed by atoms with van der Waals surface area (Å²) in [4.78, 5) is 4.08. The van der Waals surface area contributed by atoms with E-state index >= 15 is 0 Å². The molecule has 1 nitrogen and oxygen atoms in total. The molecule has 1 aromatic heterocycles. The second-order valence-electron chi connectivity index (χ2n) is 3.14. The Kier molecular flexibility index (Phi) is 2.75. The number of fused-ring (bicyclic) bond motifs is 1. The van der Waals surface area contributed by atoms with Crippen LogP contribution < -0.4 is 0 Å². The molecular formula is C10H5Cl3FN. The van der Waals surface area contributed by atoms with Gasteiger partial charge in [-0.2, -0.15) is 0 Å². The van der Waals surface area contributed by atoms with Gasteiger partial charge in [0.2, 0.25) is 0 Å². The lowest BCUT2D eigenvalue weighted by Crippen LogP contribution is -1.88. The number of benzene rings is 1. The van der Waals surface area contributed by atoms with Crippen LogP contribution in [0.2, 0.25) is 15.1 Å². The van der Waals surface area contributed by atoms with Crippen molar-refractivity contribution < 1.29 is 4.39 Å². The van der Waals surface area contributed by atoms with E-state index in [9.17, 15) is 4.39 Å². The zero-order chi connectivity index (χ0) is 11.2. The van der Waals surface area contributed by atoms with Gasteiger partial charge in [-0.1, -0.05) is 34.8 Å². The van der Waals surface area contributed by atoms with E-state index in [4.69, 9.17) is 34.8 Å². The second kappa shape index (κ2) is 3.78. The first-order chi connectivity index (χ1) is 7.02. The first kappa shape index (κ1) is 10.9. The van der Waals surface area contributed by atoms with Gasteiger partial charge in [-0.05, 0) is 18.6 Å². The molecule has 5 heteroatoms. The van der Waals surface area contributed by atoms with Gasteiger partial charge in [0, 0.05) is 11.6 Å². The minimum atomic E-state index is -0.594. The molecule has 0 aliphatic heterocycles. The van der Waals surface area contributed by atoms with Crippen LogP contribution in [0.4, 0.5) is 4.39 Å². The summed E-state index contributed by atoms with van der Waals surface area (Å²) in [6, 6.07) is 1.24. The molecule has 15 heavy (non-hydrogen) atoms. The summed E-state index contributed by atoms with van der Waals surface area (Å²) in [6.07, 6.45) is 1.57. The van der Waals surface area contributed by atoms with Gasteiger partial charge in [-0.25, -0.2) is 4.39 Å². The molecule has 0 radical (unpaired) electrons. The molecule has 0 N–H and O–H groups in total. The maximum Gasteiger partial charge on any atom is 0.144 e. The van der Waals surface area contributed by atoms with Crippen LogP contribution in [-0.4, -0.2) is 4.98 Å². The van der Waals surface area contributed by atoms with Crippen LogP contribution in [0.25, 0.3) is 10.9 Å². The SMILES string of the molecule is Cc1cnc2c(Cl)c(Cl)c(F)cc2c1Cl. The summed E-state index contributed by atoms with van der Waals surface area (Å²) in [7, 11) is 0. The van der Waals surface area contributed by atoms with E-state index in [1.165, 1.54) is 6.07 Å². The highest BCUT2D eigenvalue weighted by Crippen LogP contribution is 2.35. The van der Waals surface area contributed by atoms with E-state index in [0.717, 1.165) is 5.56 Å². The molecule has 0 bridgehead atoms. The fourth-order valence-electron chi connectivity index (χ4n) is 1.31. The van der Waals surface area contributed by atoms with Gasteiger partial charge in [0.25, 0.3) is 0 Å². The third-order valence-corrected chi connectivity index (χ3v) is 3.44. The van der Waals surface area contributed by atoms with Gasteiger partial charge in [0.15, 0.2) is 0 Å². The van der Waals surface area contributed by atoms with E-state index < -0.39 is 5.82 Å². The smallest absolute Gasteiger partial charge is 0.144 e. The van der Waals surface area contributed by atoms with Crippen LogP contribution in [0.3, 0.4) is 0 Å². The summed E-state index contributed by atoms with van der Waals surface area (Å²) >= 11 is 17.5. The molecule has 0 saturated heterocycles. The molecule has 1 aromatic carbocycles. The number of nitrogens with zero attached hydrogens (tertiary/aromatic N) is 1. The van der Waals surface area contributed by atoms with Gasteiger partial charge in [-0.15, -0.1) is 0 Å². The largest absolute Gasteiger partial charge is 0.254 e. The molecule has 2 aromatic rings. The van der Waals surface area contributed by atoms with Crippen molar-refractivity contribution in [3.63, 3.8) is 0 Å². The van der Waals surface area contributed by atoms with Crippen LogP contribution in [0.1, 0.15) is 5.56 Å². The predicted molar refractivity (Wildman–Crippen MR) is 61.5 cm³/mol. The average Bonchev–Trinajstić information content (AvgIpc) is 2.21. The van der Waals surface area contributed by atoms with Crippen molar-refractivity contribution in [1.82, 2.24) is 4.98 Å². The Morgan fingerprint density at radius 1 is 1.13 bits per heavy atom. The highest BCUT2D eigenvalue weighted by atomic mass is 35.5. The first-order valence-electron chi connectivity index (χ1n) is 4.10. The number of rotatable bonds is 0. The molecule has 0 saturated carbocycles. The Hall–Kier alpha value is -0.570. The molecule has 0 unspecified atom stereocenters.